The van der Waals surface area contributed by atoms with Gasteiger partial charge < -0.3 is 4.74 Å². The van der Waals surface area contributed by atoms with Crippen molar-refractivity contribution in [2.24, 2.45) is 0 Å². The zero-order chi connectivity index (χ0) is 13.8. The first-order chi connectivity index (χ1) is 8.29. The summed E-state index contributed by atoms with van der Waals surface area (Å²) in [6.07, 6.45) is -5.45. The van der Waals surface area contributed by atoms with E-state index in [1.165, 1.54) is 13.0 Å². The van der Waals surface area contributed by atoms with Crippen LogP contribution in [0.25, 0.3) is 0 Å². The number of benzene rings is 1. The van der Waals surface area contributed by atoms with Crippen LogP contribution in [0.5, 0.6) is 5.75 Å². The first-order valence-corrected chi connectivity index (χ1v) is 5.29. The Balaban J connectivity index is 2.61. The van der Waals surface area contributed by atoms with E-state index < -0.39 is 18.4 Å². The fourth-order valence-corrected chi connectivity index (χ4v) is 1.36. The maximum Gasteiger partial charge on any atom is 0.389 e. The van der Waals surface area contributed by atoms with Gasteiger partial charge in [0.15, 0.2) is 5.78 Å². The van der Waals surface area contributed by atoms with Gasteiger partial charge in [0, 0.05) is 12.5 Å². The average Bonchev–Trinajstić information content (AvgIpc) is 2.22. The molecule has 0 radical (unpaired) electrons. The van der Waals surface area contributed by atoms with E-state index in [-0.39, 0.29) is 30.1 Å². The molecule has 0 aliphatic rings. The second-order valence-electron chi connectivity index (χ2n) is 3.76. The summed E-state index contributed by atoms with van der Waals surface area (Å²) in [5, 5.41) is 0. The number of rotatable bonds is 5. The van der Waals surface area contributed by atoms with E-state index in [1.807, 2.05) is 0 Å². The molecule has 1 rings (SSSR count). The molecule has 0 aromatic heterocycles. The standard InChI is InChI=1S/C12H12F4O2/c1-8(17)10-4-3-9(13)7-11(10)18-6-2-5-12(14,15)16/h3-4,7H,2,5-6H2,1H3. The van der Waals surface area contributed by atoms with E-state index in [4.69, 9.17) is 4.74 Å². The van der Waals surface area contributed by atoms with Crippen LogP contribution < -0.4 is 4.74 Å². The Kier molecular flexibility index (Phi) is 4.69. The summed E-state index contributed by atoms with van der Waals surface area (Å²) in [5.74, 6) is -0.962. The Morgan fingerprint density at radius 1 is 1.33 bits per heavy atom. The van der Waals surface area contributed by atoms with E-state index in [1.54, 1.807) is 0 Å². The molecule has 1 aromatic carbocycles. The second-order valence-corrected chi connectivity index (χ2v) is 3.76. The monoisotopic (exact) mass is 264 g/mol. The van der Waals surface area contributed by atoms with Crippen molar-refractivity contribution in [3.05, 3.63) is 29.6 Å². The molecule has 0 amide bonds. The van der Waals surface area contributed by atoms with Crippen LogP contribution in [0.1, 0.15) is 30.1 Å². The van der Waals surface area contributed by atoms with Crippen molar-refractivity contribution in [1.82, 2.24) is 0 Å². The first-order valence-electron chi connectivity index (χ1n) is 5.29. The third kappa shape index (κ3) is 4.73. The zero-order valence-corrected chi connectivity index (χ0v) is 9.68. The van der Waals surface area contributed by atoms with Gasteiger partial charge in [-0.05, 0) is 25.5 Å². The van der Waals surface area contributed by atoms with Gasteiger partial charge in [-0.25, -0.2) is 4.39 Å². The fraction of sp³-hybridized carbons (Fsp3) is 0.417. The highest BCUT2D eigenvalue weighted by Gasteiger charge is 2.26. The van der Waals surface area contributed by atoms with Crippen LogP contribution in [-0.2, 0) is 0 Å². The molecule has 0 heterocycles. The number of hydrogen-bond donors (Lipinski definition) is 0. The Labute approximate surface area is 102 Å². The number of carbonyl (C=O) groups is 1. The third-order valence-corrected chi connectivity index (χ3v) is 2.19. The number of carbonyl (C=O) groups excluding carboxylic acids is 1. The second kappa shape index (κ2) is 5.84. The molecule has 0 bridgehead atoms. The summed E-state index contributed by atoms with van der Waals surface area (Å²) in [4.78, 5) is 11.2. The van der Waals surface area contributed by atoms with Crippen molar-refractivity contribution in [1.29, 1.82) is 0 Å². The fourth-order valence-electron chi connectivity index (χ4n) is 1.36. The maximum atomic E-state index is 12.9. The summed E-state index contributed by atoms with van der Waals surface area (Å²) in [6.45, 7) is 1.05. The Bertz CT molecular complexity index is 427. The van der Waals surface area contributed by atoms with Gasteiger partial charge in [-0.2, -0.15) is 13.2 Å². The van der Waals surface area contributed by atoms with E-state index in [9.17, 15) is 22.4 Å². The van der Waals surface area contributed by atoms with Crippen LogP contribution in [0.4, 0.5) is 17.6 Å². The van der Waals surface area contributed by atoms with E-state index >= 15 is 0 Å². The van der Waals surface area contributed by atoms with Gasteiger partial charge in [0.25, 0.3) is 0 Å². The molecule has 0 fully saturated rings. The van der Waals surface area contributed by atoms with Crippen LogP contribution >= 0.6 is 0 Å². The highest BCUT2D eigenvalue weighted by atomic mass is 19.4. The van der Waals surface area contributed by atoms with Gasteiger partial charge in [0.05, 0.1) is 12.2 Å². The summed E-state index contributed by atoms with van der Waals surface area (Å²) in [5.41, 5.74) is 0.156. The largest absolute Gasteiger partial charge is 0.493 e. The van der Waals surface area contributed by atoms with Crippen molar-refractivity contribution in [2.45, 2.75) is 25.9 Å². The molecular weight excluding hydrogens is 252 g/mol. The molecule has 0 atom stereocenters. The van der Waals surface area contributed by atoms with Gasteiger partial charge >= 0.3 is 6.18 Å². The van der Waals surface area contributed by atoms with Crippen LogP contribution in [0, 0.1) is 5.82 Å². The predicted octanol–water partition coefficient (Wildman–Crippen LogP) is 3.75. The van der Waals surface area contributed by atoms with E-state index in [0.29, 0.717) is 0 Å². The lowest BCUT2D eigenvalue weighted by atomic mass is 10.1. The number of hydrogen-bond acceptors (Lipinski definition) is 2. The number of ether oxygens (including phenoxy) is 1. The average molecular weight is 264 g/mol. The van der Waals surface area contributed by atoms with Crippen molar-refractivity contribution >= 4 is 5.78 Å². The molecule has 0 aliphatic carbocycles. The van der Waals surface area contributed by atoms with Crippen LogP contribution in [0.15, 0.2) is 18.2 Å². The normalized spacial score (nSPS) is 11.4. The van der Waals surface area contributed by atoms with E-state index in [2.05, 4.69) is 0 Å². The number of Topliss-reactive ketones (excluding diaryl/α,β-unsaturated/α-hetero) is 1. The van der Waals surface area contributed by atoms with E-state index in [0.717, 1.165) is 12.1 Å². The minimum atomic E-state index is -4.24. The molecule has 0 saturated carbocycles. The number of ketones is 1. The molecule has 0 unspecified atom stereocenters. The Morgan fingerprint density at radius 3 is 2.56 bits per heavy atom. The summed E-state index contributed by atoms with van der Waals surface area (Å²) >= 11 is 0. The quantitative estimate of drug-likeness (QED) is 0.460. The Hall–Kier alpha value is -1.59. The highest BCUT2D eigenvalue weighted by molar-refractivity contribution is 5.96. The lowest BCUT2D eigenvalue weighted by Crippen LogP contribution is -2.10. The van der Waals surface area contributed by atoms with Crippen molar-refractivity contribution in [2.75, 3.05) is 6.61 Å². The molecule has 0 aliphatic heterocycles. The van der Waals surface area contributed by atoms with Crippen molar-refractivity contribution in [3.63, 3.8) is 0 Å². The summed E-state index contributed by atoms with van der Waals surface area (Å²) in [7, 11) is 0. The third-order valence-electron chi connectivity index (χ3n) is 2.19. The molecule has 0 saturated heterocycles. The Morgan fingerprint density at radius 2 is 2.00 bits per heavy atom. The predicted molar refractivity (Wildman–Crippen MR) is 57.2 cm³/mol. The summed E-state index contributed by atoms with van der Waals surface area (Å²) < 4.78 is 53.6. The number of halogens is 4. The van der Waals surface area contributed by atoms with Crippen molar-refractivity contribution < 1.29 is 27.1 Å². The SMILES string of the molecule is CC(=O)c1ccc(F)cc1OCCCC(F)(F)F. The lowest BCUT2D eigenvalue weighted by Gasteiger charge is -2.10. The minimum Gasteiger partial charge on any atom is -0.493 e. The molecule has 18 heavy (non-hydrogen) atoms. The minimum absolute atomic E-state index is 0.0234. The van der Waals surface area contributed by atoms with Crippen molar-refractivity contribution in [3.8, 4) is 5.75 Å². The number of alkyl halides is 3. The van der Waals surface area contributed by atoms with Gasteiger partial charge in [-0.1, -0.05) is 0 Å². The topological polar surface area (TPSA) is 26.3 Å². The zero-order valence-electron chi connectivity index (χ0n) is 9.68. The lowest BCUT2D eigenvalue weighted by molar-refractivity contribution is -0.136. The first kappa shape index (κ1) is 14.5. The molecule has 6 heteroatoms. The molecule has 1 aromatic rings. The van der Waals surface area contributed by atoms with Crippen LogP contribution in [0.3, 0.4) is 0 Å². The van der Waals surface area contributed by atoms with Crippen LogP contribution in [0.2, 0.25) is 0 Å². The van der Waals surface area contributed by atoms with Gasteiger partial charge in [-0.3, -0.25) is 4.79 Å². The molecule has 2 nitrogen and oxygen atoms in total. The molecule has 100 valence electrons. The van der Waals surface area contributed by atoms with Gasteiger partial charge in [0.1, 0.15) is 11.6 Å². The smallest absolute Gasteiger partial charge is 0.389 e. The van der Waals surface area contributed by atoms with Gasteiger partial charge in [-0.15, -0.1) is 0 Å². The van der Waals surface area contributed by atoms with Gasteiger partial charge in [0.2, 0.25) is 0 Å². The highest BCUT2D eigenvalue weighted by Crippen LogP contribution is 2.23. The van der Waals surface area contributed by atoms with Crippen LogP contribution in [-0.4, -0.2) is 18.6 Å². The molecule has 0 N–H and O–H groups in total. The molecular formula is C12H12F4O2. The maximum absolute atomic E-state index is 12.9. The molecule has 0 spiro atoms. The summed E-state index contributed by atoms with van der Waals surface area (Å²) in [6, 6.07) is 3.33.